The molecule has 1 N–H and O–H groups in total. The van der Waals surface area contributed by atoms with Crippen LogP contribution in [0.25, 0.3) is 11.3 Å². The first-order valence-corrected chi connectivity index (χ1v) is 5.75. The second-order valence-electron chi connectivity index (χ2n) is 3.19. The number of benzene rings is 1. The molecule has 0 saturated carbocycles. The van der Waals surface area contributed by atoms with Crippen LogP contribution in [0.1, 0.15) is 0 Å². The minimum Gasteiger partial charge on any atom is -0.435 e. The van der Waals surface area contributed by atoms with Gasteiger partial charge in [0.2, 0.25) is 0 Å². The third kappa shape index (κ3) is 2.91. The molecule has 1 aromatic heterocycles. The number of nitrogens with zero attached hydrogens (tertiary/aromatic N) is 1. The van der Waals surface area contributed by atoms with Crippen molar-refractivity contribution in [2.75, 3.05) is 12.4 Å². The summed E-state index contributed by atoms with van der Waals surface area (Å²) >= 11 is 1.45. The summed E-state index contributed by atoms with van der Waals surface area (Å²) < 4.78 is 28.5. The minimum absolute atomic E-state index is 0.136. The third-order valence-corrected chi connectivity index (χ3v) is 2.93. The van der Waals surface area contributed by atoms with Crippen LogP contribution < -0.4 is 10.1 Å². The Morgan fingerprint density at radius 3 is 2.88 bits per heavy atom. The van der Waals surface area contributed by atoms with Gasteiger partial charge in [-0.2, -0.15) is 8.78 Å². The van der Waals surface area contributed by atoms with Gasteiger partial charge in [-0.3, -0.25) is 0 Å². The smallest absolute Gasteiger partial charge is 0.387 e. The molecule has 90 valence electrons. The van der Waals surface area contributed by atoms with E-state index in [1.165, 1.54) is 17.4 Å². The van der Waals surface area contributed by atoms with Crippen molar-refractivity contribution >= 4 is 16.5 Å². The molecule has 0 spiro atoms. The van der Waals surface area contributed by atoms with Crippen LogP contribution in [-0.4, -0.2) is 18.6 Å². The highest BCUT2D eigenvalue weighted by molar-refractivity contribution is 7.14. The van der Waals surface area contributed by atoms with E-state index in [2.05, 4.69) is 15.0 Å². The zero-order valence-electron chi connectivity index (χ0n) is 8.98. The predicted molar refractivity (Wildman–Crippen MR) is 63.7 cm³/mol. The molecular weight excluding hydrogens is 246 g/mol. The molecule has 0 aliphatic carbocycles. The molecule has 2 rings (SSSR count). The Morgan fingerprint density at radius 1 is 1.41 bits per heavy atom. The molecule has 0 bridgehead atoms. The largest absolute Gasteiger partial charge is 0.435 e. The van der Waals surface area contributed by atoms with E-state index >= 15 is 0 Å². The molecule has 0 aliphatic rings. The van der Waals surface area contributed by atoms with Gasteiger partial charge in [-0.15, -0.1) is 11.3 Å². The van der Waals surface area contributed by atoms with Gasteiger partial charge in [-0.1, -0.05) is 12.1 Å². The van der Waals surface area contributed by atoms with Crippen molar-refractivity contribution in [3.63, 3.8) is 0 Å². The van der Waals surface area contributed by atoms with Crippen molar-refractivity contribution in [1.29, 1.82) is 0 Å². The quantitative estimate of drug-likeness (QED) is 0.909. The third-order valence-electron chi connectivity index (χ3n) is 2.07. The van der Waals surface area contributed by atoms with E-state index in [9.17, 15) is 8.78 Å². The van der Waals surface area contributed by atoms with Gasteiger partial charge in [0, 0.05) is 18.0 Å². The first kappa shape index (κ1) is 11.8. The van der Waals surface area contributed by atoms with Gasteiger partial charge in [0.15, 0.2) is 5.13 Å². The number of ether oxygens (including phenoxy) is 1. The Hall–Kier alpha value is -1.69. The molecule has 0 saturated heterocycles. The van der Waals surface area contributed by atoms with Crippen LogP contribution in [-0.2, 0) is 0 Å². The van der Waals surface area contributed by atoms with E-state index in [-0.39, 0.29) is 5.75 Å². The molecule has 0 unspecified atom stereocenters. The van der Waals surface area contributed by atoms with E-state index in [4.69, 9.17) is 0 Å². The average Bonchev–Trinajstić information content (AvgIpc) is 2.77. The number of thiazole rings is 1. The number of rotatable bonds is 4. The van der Waals surface area contributed by atoms with Gasteiger partial charge in [-0.05, 0) is 12.1 Å². The monoisotopic (exact) mass is 256 g/mol. The number of hydrogen-bond donors (Lipinski definition) is 1. The Kier molecular flexibility index (Phi) is 3.53. The predicted octanol–water partition coefficient (Wildman–Crippen LogP) is 3.45. The lowest BCUT2D eigenvalue weighted by atomic mass is 10.2. The van der Waals surface area contributed by atoms with Crippen LogP contribution in [0.2, 0.25) is 0 Å². The summed E-state index contributed by atoms with van der Waals surface area (Å²) in [5.41, 5.74) is 1.49. The summed E-state index contributed by atoms with van der Waals surface area (Å²) in [5.74, 6) is 0.136. The first-order chi connectivity index (χ1) is 8.19. The van der Waals surface area contributed by atoms with Crippen LogP contribution in [0.15, 0.2) is 29.6 Å². The van der Waals surface area contributed by atoms with E-state index < -0.39 is 6.61 Å². The lowest BCUT2D eigenvalue weighted by Crippen LogP contribution is -2.01. The molecule has 0 aliphatic heterocycles. The van der Waals surface area contributed by atoms with E-state index in [1.54, 1.807) is 25.2 Å². The Morgan fingerprint density at radius 2 is 2.24 bits per heavy atom. The van der Waals surface area contributed by atoms with Gasteiger partial charge >= 0.3 is 6.61 Å². The Bertz CT molecular complexity index is 502. The first-order valence-electron chi connectivity index (χ1n) is 4.87. The zero-order valence-corrected chi connectivity index (χ0v) is 9.80. The van der Waals surface area contributed by atoms with Crippen molar-refractivity contribution in [1.82, 2.24) is 4.98 Å². The molecule has 0 radical (unpaired) electrons. The topological polar surface area (TPSA) is 34.2 Å². The van der Waals surface area contributed by atoms with Crippen LogP contribution in [0.4, 0.5) is 13.9 Å². The molecular formula is C11H10F2N2OS. The zero-order chi connectivity index (χ0) is 12.3. The van der Waals surface area contributed by atoms with Crippen molar-refractivity contribution in [3.8, 4) is 17.0 Å². The summed E-state index contributed by atoms with van der Waals surface area (Å²) in [7, 11) is 1.78. The Balaban J connectivity index is 2.26. The molecule has 17 heavy (non-hydrogen) atoms. The number of hydrogen-bond acceptors (Lipinski definition) is 4. The van der Waals surface area contributed by atoms with Gasteiger partial charge in [-0.25, -0.2) is 4.98 Å². The number of anilines is 1. The fourth-order valence-corrected chi connectivity index (χ4v) is 2.03. The number of aromatic nitrogens is 1. The molecule has 1 heterocycles. The molecule has 2 aromatic rings. The normalized spacial score (nSPS) is 10.6. The van der Waals surface area contributed by atoms with Crippen molar-refractivity contribution in [2.45, 2.75) is 6.61 Å². The molecule has 6 heteroatoms. The highest BCUT2D eigenvalue weighted by Crippen LogP contribution is 2.27. The minimum atomic E-state index is -2.81. The van der Waals surface area contributed by atoms with Crippen molar-refractivity contribution < 1.29 is 13.5 Å². The van der Waals surface area contributed by atoms with Gasteiger partial charge in [0.05, 0.1) is 5.69 Å². The molecule has 1 aromatic carbocycles. The summed E-state index contributed by atoms with van der Waals surface area (Å²) in [6.07, 6.45) is 0. The number of halogens is 2. The highest BCUT2D eigenvalue weighted by atomic mass is 32.1. The summed E-state index contributed by atoms with van der Waals surface area (Å²) in [6.45, 7) is -2.81. The van der Waals surface area contributed by atoms with Crippen LogP contribution in [0.5, 0.6) is 5.75 Å². The lowest BCUT2D eigenvalue weighted by molar-refractivity contribution is -0.0498. The lowest BCUT2D eigenvalue weighted by Gasteiger charge is -2.05. The molecule has 3 nitrogen and oxygen atoms in total. The number of alkyl halides is 2. The van der Waals surface area contributed by atoms with Crippen LogP contribution >= 0.6 is 11.3 Å². The standard InChI is InChI=1S/C11H10F2N2OS/c1-14-11-15-9(6-17-11)7-3-2-4-8(5-7)16-10(12)13/h2-6,10H,1H3,(H,14,15). The van der Waals surface area contributed by atoms with Gasteiger partial charge in [0.25, 0.3) is 0 Å². The van der Waals surface area contributed by atoms with E-state index in [0.717, 1.165) is 16.4 Å². The van der Waals surface area contributed by atoms with Gasteiger partial charge < -0.3 is 10.1 Å². The maximum atomic E-state index is 12.1. The molecule has 0 amide bonds. The fraction of sp³-hybridized carbons (Fsp3) is 0.182. The summed E-state index contributed by atoms with van der Waals surface area (Å²) in [4.78, 5) is 4.28. The molecule has 0 fully saturated rings. The Labute approximate surface area is 101 Å². The SMILES string of the molecule is CNc1nc(-c2cccc(OC(F)F)c2)cs1. The maximum Gasteiger partial charge on any atom is 0.387 e. The van der Waals surface area contributed by atoms with E-state index in [0.29, 0.717) is 0 Å². The highest BCUT2D eigenvalue weighted by Gasteiger charge is 2.07. The molecule has 0 atom stereocenters. The van der Waals surface area contributed by atoms with Crippen LogP contribution in [0, 0.1) is 0 Å². The maximum absolute atomic E-state index is 12.1. The van der Waals surface area contributed by atoms with Crippen LogP contribution in [0.3, 0.4) is 0 Å². The fourth-order valence-electron chi connectivity index (χ4n) is 1.35. The summed E-state index contributed by atoms with van der Waals surface area (Å²) in [6, 6.07) is 6.49. The number of nitrogens with one attached hydrogen (secondary N) is 1. The van der Waals surface area contributed by atoms with Crippen molar-refractivity contribution in [2.24, 2.45) is 0 Å². The second-order valence-corrected chi connectivity index (χ2v) is 4.05. The average molecular weight is 256 g/mol. The van der Waals surface area contributed by atoms with E-state index in [1.807, 2.05) is 5.38 Å². The summed E-state index contributed by atoms with van der Waals surface area (Å²) in [5, 5.41) is 5.55. The van der Waals surface area contributed by atoms with Crippen molar-refractivity contribution in [3.05, 3.63) is 29.6 Å². The second kappa shape index (κ2) is 5.09. The van der Waals surface area contributed by atoms with Gasteiger partial charge in [0.1, 0.15) is 5.75 Å².